The number of rotatable bonds is 2. The third-order valence-corrected chi connectivity index (χ3v) is 4.48. The van der Waals surface area contributed by atoms with E-state index in [2.05, 4.69) is 23.9 Å². The summed E-state index contributed by atoms with van der Waals surface area (Å²) in [5.74, 6) is 0. The molecule has 1 saturated heterocycles. The van der Waals surface area contributed by atoms with Crippen molar-refractivity contribution in [3.05, 3.63) is 0 Å². The molecule has 1 saturated carbocycles. The van der Waals surface area contributed by atoms with Gasteiger partial charge in [0.25, 0.3) is 0 Å². The molecule has 0 aromatic rings. The van der Waals surface area contributed by atoms with Gasteiger partial charge in [0.1, 0.15) is 0 Å². The lowest BCUT2D eigenvalue weighted by Crippen LogP contribution is -2.53. The Morgan fingerprint density at radius 2 is 1.62 bits per heavy atom. The van der Waals surface area contributed by atoms with Crippen LogP contribution in [0.2, 0.25) is 0 Å². The van der Waals surface area contributed by atoms with Crippen molar-refractivity contribution in [2.24, 2.45) is 5.73 Å². The molecule has 16 heavy (non-hydrogen) atoms. The molecule has 2 unspecified atom stereocenters. The van der Waals surface area contributed by atoms with Gasteiger partial charge in [0.15, 0.2) is 0 Å². The van der Waals surface area contributed by atoms with Crippen molar-refractivity contribution in [3.8, 4) is 0 Å². The summed E-state index contributed by atoms with van der Waals surface area (Å²) in [7, 11) is 4.40. The summed E-state index contributed by atoms with van der Waals surface area (Å²) in [4.78, 5) is 5.03. The molecule has 0 bridgehead atoms. The Morgan fingerprint density at radius 3 is 2.19 bits per heavy atom. The van der Waals surface area contributed by atoms with Gasteiger partial charge in [-0.2, -0.15) is 0 Å². The van der Waals surface area contributed by atoms with Crippen LogP contribution in [0.5, 0.6) is 0 Å². The average Bonchev–Trinajstić information content (AvgIpc) is 2.30. The van der Waals surface area contributed by atoms with Crippen LogP contribution >= 0.6 is 0 Å². The minimum absolute atomic E-state index is 0.435. The maximum absolute atomic E-state index is 6.25. The molecule has 3 nitrogen and oxygen atoms in total. The van der Waals surface area contributed by atoms with Gasteiger partial charge in [-0.25, -0.2) is 0 Å². The van der Waals surface area contributed by atoms with E-state index in [0.717, 1.165) is 6.04 Å². The second-order valence-electron chi connectivity index (χ2n) is 5.75. The summed E-state index contributed by atoms with van der Waals surface area (Å²) in [6, 6.07) is 1.90. The standard InChI is InChI=1S/C13H27N3/c1-15(2)11-7-9-16(10-8-11)13-6-4-3-5-12(13)14/h11-13H,3-10,14H2,1-2H3. The van der Waals surface area contributed by atoms with Crippen molar-refractivity contribution in [2.45, 2.75) is 56.7 Å². The molecule has 2 atom stereocenters. The Morgan fingerprint density at radius 1 is 1.00 bits per heavy atom. The summed E-state index contributed by atoms with van der Waals surface area (Å²) in [6.07, 6.45) is 7.91. The first-order valence-electron chi connectivity index (χ1n) is 6.84. The molecule has 0 radical (unpaired) electrons. The van der Waals surface area contributed by atoms with Gasteiger partial charge in [-0.3, -0.25) is 4.90 Å². The van der Waals surface area contributed by atoms with Gasteiger partial charge in [0, 0.05) is 18.1 Å². The average molecular weight is 225 g/mol. The van der Waals surface area contributed by atoms with E-state index in [9.17, 15) is 0 Å². The van der Waals surface area contributed by atoms with Gasteiger partial charge in [-0.05, 0) is 52.9 Å². The fraction of sp³-hybridized carbons (Fsp3) is 1.00. The predicted octanol–water partition coefficient (Wildman–Crippen LogP) is 1.28. The molecule has 2 fully saturated rings. The number of hydrogen-bond donors (Lipinski definition) is 1. The Hall–Kier alpha value is -0.120. The van der Waals surface area contributed by atoms with Crippen LogP contribution in [0, 0.1) is 0 Å². The van der Waals surface area contributed by atoms with E-state index in [0.29, 0.717) is 12.1 Å². The number of likely N-dealkylation sites (tertiary alicyclic amines) is 1. The van der Waals surface area contributed by atoms with Crippen LogP contribution in [0.15, 0.2) is 0 Å². The number of nitrogens with zero attached hydrogens (tertiary/aromatic N) is 2. The quantitative estimate of drug-likeness (QED) is 0.768. The zero-order valence-electron chi connectivity index (χ0n) is 10.9. The maximum Gasteiger partial charge on any atom is 0.0247 e. The normalized spacial score (nSPS) is 34.5. The molecule has 1 aliphatic carbocycles. The Labute approximate surface area is 100.0 Å². The molecule has 3 heteroatoms. The second-order valence-corrected chi connectivity index (χ2v) is 5.75. The van der Waals surface area contributed by atoms with Gasteiger partial charge < -0.3 is 10.6 Å². The lowest BCUT2D eigenvalue weighted by molar-refractivity contribution is 0.0794. The van der Waals surface area contributed by atoms with Crippen molar-refractivity contribution in [1.29, 1.82) is 0 Å². The van der Waals surface area contributed by atoms with Gasteiger partial charge >= 0.3 is 0 Å². The minimum atomic E-state index is 0.435. The summed E-state index contributed by atoms with van der Waals surface area (Å²) < 4.78 is 0. The highest BCUT2D eigenvalue weighted by Gasteiger charge is 2.30. The molecule has 0 amide bonds. The molecule has 1 aliphatic heterocycles. The first kappa shape index (κ1) is 12.3. The largest absolute Gasteiger partial charge is 0.326 e. The molecule has 2 aliphatic rings. The third kappa shape index (κ3) is 2.76. The van der Waals surface area contributed by atoms with Crippen molar-refractivity contribution in [1.82, 2.24) is 9.80 Å². The van der Waals surface area contributed by atoms with Crippen LogP contribution in [0.3, 0.4) is 0 Å². The molecule has 0 spiro atoms. The molecule has 0 aromatic heterocycles. The molecule has 94 valence electrons. The summed E-state index contributed by atoms with van der Waals surface area (Å²) in [5, 5.41) is 0. The highest BCUT2D eigenvalue weighted by molar-refractivity contribution is 4.89. The number of piperidine rings is 1. The highest BCUT2D eigenvalue weighted by Crippen LogP contribution is 2.25. The van der Waals surface area contributed by atoms with Crippen LogP contribution in [-0.2, 0) is 0 Å². The second kappa shape index (κ2) is 5.48. The van der Waals surface area contributed by atoms with Gasteiger partial charge in [0.2, 0.25) is 0 Å². The molecular formula is C13H27N3. The van der Waals surface area contributed by atoms with Crippen molar-refractivity contribution < 1.29 is 0 Å². The van der Waals surface area contributed by atoms with E-state index in [4.69, 9.17) is 5.73 Å². The van der Waals surface area contributed by atoms with Crippen molar-refractivity contribution in [3.63, 3.8) is 0 Å². The number of nitrogens with two attached hydrogens (primary N) is 1. The third-order valence-electron chi connectivity index (χ3n) is 4.48. The van der Waals surface area contributed by atoms with Crippen molar-refractivity contribution >= 4 is 0 Å². The Kier molecular flexibility index (Phi) is 4.22. The fourth-order valence-electron chi connectivity index (χ4n) is 3.33. The lowest BCUT2D eigenvalue weighted by Gasteiger charge is -2.43. The highest BCUT2D eigenvalue weighted by atomic mass is 15.2. The monoisotopic (exact) mass is 225 g/mol. The van der Waals surface area contributed by atoms with Crippen LogP contribution in [-0.4, -0.2) is 55.1 Å². The summed E-state index contributed by atoms with van der Waals surface area (Å²) in [6.45, 7) is 2.50. The maximum atomic E-state index is 6.25. The van der Waals surface area contributed by atoms with E-state index in [-0.39, 0.29) is 0 Å². The van der Waals surface area contributed by atoms with E-state index in [1.54, 1.807) is 0 Å². The summed E-state index contributed by atoms with van der Waals surface area (Å²) in [5.41, 5.74) is 6.25. The molecule has 1 heterocycles. The lowest BCUT2D eigenvalue weighted by atomic mass is 9.88. The molecule has 0 aromatic carbocycles. The van der Waals surface area contributed by atoms with E-state index >= 15 is 0 Å². The van der Waals surface area contributed by atoms with E-state index in [1.165, 1.54) is 51.6 Å². The Bertz CT molecular complexity index is 209. The van der Waals surface area contributed by atoms with Crippen LogP contribution in [0.25, 0.3) is 0 Å². The molecule has 2 N–H and O–H groups in total. The predicted molar refractivity (Wildman–Crippen MR) is 68.5 cm³/mol. The minimum Gasteiger partial charge on any atom is -0.326 e. The zero-order chi connectivity index (χ0) is 11.5. The molecule has 2 rings (SSSR count). The fourth-order valence-corrected chi connectivity index (χ4v) is 3.33. The zero-order valence-corrected chi connectivity index (χ0v) is 10.9. The Balaban J connectivity index is 1.83. The first-order chi connectivity index (χ1) is 7.68. The molecular weight excluding hydrogens is 198 g/mol. The topological polar surface area (TPSA) is 32.5 Å². The van der Waals surface area contributed by atoms with Gasteiger partial charge in [-0.1, -0.05) is 12.8 Å². The smallest absolute Gasteiger partial charge is 0.0247 e. The summed E-state index contributed by atoms with van der Waals surface area (Å²) >= 11 is 0. The van der Waals surface area contributed by atoms with Crippen LogP contribution < -0.4 is 5.73 Å². The van der Waals surface area contributed by atoms with Crippen molar-refractivity contribution in [2.75, 3.05) is 27.2 Å². The van der Waals surface area contributed by atoms with Gasteiger partial charge in [0.05, 0.1) is 0 Å². The van der Waals surface area contributed by atoms with Crippen LogP contribution in [0.1, 0.15) is 38.5 Å². The van der Waals surface area contributed by atoms with Gasteiger partial charge in [-0.15, -0.1) is 0 Å². The van der Waals surface area contributed by atoms with E-state index < -0.39 is 0 Å². The number of hydrogen-bond acceptors (Lipinski definition) is 3. The van der Waals surface area contributed by atoms with E-state index in [1.807, 2.05) is 0 Å². The SMILES string of the molecule is CN(C)C1CCN(C2CCCCC2N)CC1. The first-order valence-corrected chi connectivity index (χ1v) is 6.84. The van der Waals surface area contributed by atoms with Crippen LogP contribution in [0.4, 0.5) is 0 Å².